The lowest BCUT2D eigenvalue weighted by Crippen LogP contribution is -2.69. The lowest BCUT2D eigenvalue weighted by molar-refractivity contribution is 0.113. The summed E-state index contributed by atoms with van der Waals surface area (Å²) < 4.78 is 16.3. The predicted molar refractivity (Wildman–Crippen MR) is 121 cm³/mol. The number of nitrogens with zero attached hydrogens (tertiary/aromatic N) is 3. The summed E-state index contributed by atoms with van der Waals surface area (Å²) in [6.07, 6.45) is 0. The van der Waals surface area contributed by atoms with E-state index in [0.717, 1.165) is 26.3 Å². The largest absolute Gasteiger partial charge is 0.392 e. The predicted octanol–water partition coefficient (Wildman–Crippen LogP) is 2.19. The zero-order valence-electron chi connectivity index (χ0n) is 19.2. The third kappa shape index (κ3) is 7.12. The lowest BCUT2D eigenvalue weighted by atomic mass is 9.97. The molecule has 0 aromatic rings. The monoisotopic (exact) mass is 419 g/mol. The van der Waals surface area contributed by atoms with Gasteiger partial charge in [-0.05, 0) is 46.2 Å². The standard InChI is InChI=1S/C18H45N3O2Si3/c1-18(2,3)17(21-24-15-16-25(21,8)9)26(10,22-13-11-19(4)5)23-14-12-20(6)7/h17H,11-16,24H2,1-10H3. The number of hydrogen-bond donors (Lipinski definition) is 0. The highest BCUT2D eigenvalue weighted by atomic mass is 28.4. The Morgan fingerprint density at radius 2 is 1.50 bits per heavy atom. The first-order valence-corrected chi connectivity index (χ1v) is 17.3. The summed E-state index contributed by atoms with van der Waals surface area (Å²) in [5.74, 6) is 0. The van der Waals surface area contributed by atoms with Crippen molar-refractivity contribution in [3.63, 3.8) is 0 Å². The average molecular weight is 420 g/mol. The summed E-state index contributed by atoms with van der Waals surface area (Å²) in [5.41, 5.74) is 0.633. The minimum absolute atomic E-state index is 0.179. The van der Waals surface area contributed by atoms with Crippen LogP contribution in [0, 0.1) is 5.41 Å². The van der Waals surface area contributed by atoms with Gasteiger partial charge in [-0.2, -0.15) is 0 Å². The van der Waals surface area contributed by atoms with E-state index in [1.54, 1.807) is 0 Å². The Hall–Kier alpha value is 0.451. The van der Waals surface area contributed by atoms with Crippen molar-refractivity contribution < 1.29 is 8.85 Å². The fraction of sp³-hybridized carbons (Fsp3) is 1.00. The molecule has 1 aliphatic heterocycles. The van der Waals surface area contributed by atoms with Crippen molar-refractivity contribution in [3.8, 4) is 0 Å². The second-order valence-corrected chi connectivity index (χ2v) is 20.5. The van der Waals surface area contributed by atoms with E-state index in [4.69, 9.17) is 8.85 Å². The molecule has 1 atom stereocenters. The summed E-state index contributed by atoms with van der Waals surface area (Å²) in [5, 5.41) is 0. The molecule has 1 saturated heterocycles. The van der Waals surface area contributed by atoms with Gasteiger partial charge in [-0.3, -0.25) is 0 Å². The number of hydrogen-bond acceptors (Lipinski definition) is 5. The Morgan fingerprint density at radius 1 is 1.04 bits per heavy atom. The van der Waals surface area contributed by atoms with Crippen LogP contribution in [0.3, 0.4) is 0 Å². The fourth-order valence-electron chi connectivity index (χ4n) is 4.21. The highest BCUT2D eigenvalue weighted by Crippen LogP contribution is 2.39. The molecule has 0 aromatic heterocycles. The highest BCUT2D eigenvalue weighted by Gasteiger charge is 2.54. The van der Waals surface area contributed by atoms with E-state index in [2.05, 4.69) is 82.6 Å². The zero-order chi connectivity index (χ0) is 20.2. The summed E-state index contributed by atoms with van der Waals surface area (Å²) in [6, 6.07) is 2.91. The first-order valence-electron chi connectivity index (χ1n) is 10.1. The molecule has 0 saturated carbocycles. The lowest BCUT2D eigenvalue weighted by Gasteiger charge is -2.51. The molecule has 1 fully saturated rings. The van der Waals surface area contributed by atoms with Gasteiger partial charge in [0.2, 0.25) is 0 Å². The van der Waals surface area contributed by atoms with Crippen LogP contribution in [0.5, 0.6) is 0 Å². The van der Waals surface area contributed by atoms with E-state index in [0.29, 0.717) is 5.67 Å². The van der Waals surface area contributed by atoms with Crippen molar-refractivity contribution in [1.82, 2.24) is 14.0 Å². The van der Waals surface area contributed by atoms with Crippen LogP contribution >= 0.6 is 0 Å². The minimum Gasteiger partial charge on any atom is -0.392 e. The van der Waals surface area contributed by atoms with Crippen molar-refractivity contribution >= 4 is 26.5 Å². The summed E-state index contributed by atoms with van der Waals surface area (Å²) in [4.78, 5) is 4.40. The van der Waals surface area contributed by atoms with Gasteiger partial charge in [-0.25, -0.2) is 0 Å². The molecule has 1 aliphatic rings. The maximum atomic E-state index is 6.68. The van der Waals surface area contributed by atoms with E-state index in [-0.39, 0.29) is 15.1 Å². The molecule has 156 valence electrons. The van der Waals surface area contributed by atoms with Crippen LogP contribution in [0.15, 0.2) is 0 Å². The molecular weight excluding hydrogens is 374 g/mol. The molecule has 0 spiro atoms. The minimum atomic E-state index is -2.36. The highest BCUT2D eigenvalue weighted by molar-refractivity contribution is 6.85. The Kier molecular flexibility index (Phi) is 9.21. The summed E-state index contributed by atoms with van der Waals surface area (Å²) in [7, 11) is 4.58. The first kappa shape index (κ1) is 24.5. The van der Waals surface area contributed by atoms with Crippen LogP contribution in [0.4, 0.5) is 0 Å². The van der Waals surface area contributed by atoms with Crippen LogP contribution in [-0.4, -0.2) is 101 Å². The van der Waals surface area contributed by atoms with Crippen molar-refractivity contribution in [2.75, 3.05) is 54.5 Å². The first-order chi connectivity index (χ1) is 11.8. The average Bonchev–Trinajstić information content (AvgIpc) is 2.76. The van der Waals surface area contributed by atoms with Crippen molar-refractivity contribution in [1.29, 1.82) is 0 Å². The van der Waals surface area contributed by atoms with Crippen LogP contribution in [-0.2, 0) is 8.85 Å². The van der Waals surface area contributed by atoms with Gasteiger partial charge in [0, 0.05) is 32.0 Å². The smallest absolute Gasteiger partial charge is 0.352 e. The second-order valence-electron chi connectivity index (χ2n) is 10.2. The van der Waals surface area contributed by atoms with Gasteiger partial charge in [0.1, 0.15) is 8.24 Å². The molecule has 0 bridgehead atoms. The van der Waals surface area contributed by atoms with Gasteiger partial charge in [0.05, 0.1) is 9.68 Å². The molecule has 26 heavy (non-hydrogen) atoms. The van der Waals surface area contributed by atoms with E-state index in [1.165, 1.54) is 12.1 Å². The molecule has 0 radical (unpaired) electrons. The maximum Gasteiger partial charge on any atom is 0.352 e. The summed E-state index contributed by atoms with van der Waals surface area (Å²) >= 11 is 0. The SMILES string of the molecule is CN(C)CCO[Si](C)(OCCN(C)C)C(N1[SiH2]CC[Si]1(C)C)C(C)(C)C. The molecule has 0 aliphatic carbocycles. The molecular formula is C18H45N3O2Si3. The van der Waals surface area contributed by atoms with Crippen LogP contribution in [0.25, 0.3) is 0 Å². The topological polar surface area (TPSA) is 28.2 Å². The number of rotatable bonds is 10. The van der Waals surface area contributed by atoms with Gasteiger partial charge < -0.3 is 22.9 Å². The van der Waals surface area contributed by atoms with Crippen molar-refractivity contribution in [2.45, 2.75) is 58.2 Å². The molecule has 0 amide bonds. The molecule has 5 nitrogen and oxygen atoms in total. The maximum absolute atomic E-state index is 6.68. The van der Waals surface area contributed by atoms with E-state index in [1.807, 2.05) is 0 Å². The fourth-order valence-corrected chi connectivity index (χ4v) is 20.9. The van der Waals surface area contributed by atoms with E-state index < -0.39 is 16.8 Å². The molecule has 1 rings (SSSR count). The number of likely N-dealkylation sites (N-methyl/N-ethyl adjacent to an activating group) is 2. The van der Waals surface area contributed by atoms with Crippen LogP contribution < -0.4 is 0 Å². The van der Waals surface area contributed by atoms with Gasteiger partial charge in [-0.15, -0.1) is 0 Å². The molecule has 0 aromatic carbocycles. The molecule has 1 unspecified atom stereocenters. The molecule has 8 heteroatoms. The van der Waals surface area contributed by atoms with E-state index in [9.17, 15) is 0 Å². The molecule has 0 N–H and O–H groups in total. The van der Waals surface area contributed by atoms with E-state index >= 15 is 0 Å². The van der Waals surface area contributed by atoms with Gasteiger partial charge in [-0.1, -0.05) is 39.9 Å². The van der Waals surface area contributed by atoms with Crippen LogP contribution in [0.1, 0.15) is 20.8 Å². The van der Waals surface area contributed by atoms with Crippen molar-refractivity contribution in [3.05, 3.63) is 0 Å². The molecule has 1 heterocycles. The Balaban J connectivity index is 3.10. The Morgan fingerprint density at radius 3 is 1.81 bits per heavy atom. The van der Waals surface area contributed by atoms with Crippen LogP contribution in [0.2, 0.25) is 31.7 Å². The van der Waals surface area contributed by atoms with Gasteiger partial charge >= 0.3 is 8.56 Å². The normalized spacial score (nSPS) is 21.2. The third-order valence-electron chi connectivity index (χ3n) is 5.45. The summed E-state index contributed by atoms with van der Waals surface area (Å²) in [6.45, 7) is 18.1. The van der Waals surface area contributed by atoms with Gasteiger partial charge in [0.25, 0.3) is 0 Å². The van der Waals surface area contributed by atoms with Gasteiger partial charge in [0.15, 0.2) is 0 Å². The third-order valence-corrected chi connectivity index (χ3v) is 18.7. The quantitative estimate of drug-likeness (QED) is 0.506. The Bertz CT molecular complexity index is 414. The second kappa shape index (κ2) is 9.78. The zero-order valence-corrected chi connectivity index (χ0v) is 22.6. The Labute approximate surface area is 167 Å². The van der Waals surface area contributed by atoms with Crippen molar-refractivity contribution in [2.24, 2.45) is 5.41 Å².